The van der Waals surface area contributed by atoms with Crippen molar-refractivity contribution in [3.8, 4) is 16.9 Å². The lowest BCUT2D eigenvalue weighted by Gasteiger charge is -2.22. The number of halogens is 3. The Hall–Kier alpha value is -2.93. The van der Waals surface area contributed by atoms with Crippen molar-refractivity contribution in [3.05, 3.63) is 59.8 Å². The van der Waals surface area contributed by atoms with Crippen LogP contribution in [0.15, 0.2) is 48.7 Å². The Morgan fingerprint density at radius 1 is 1.17 bits per heavy atom. The van der Waals surface area contributed by atoms with Gasteiger partial charge in [0.25, 0.3) is 0 Å². The monoisotopic (exact) mass is 415 g/mol. The van der Waals surface area contributed by atoms with E-state index in [1.165, 1.54) is 12.3 Å². The Morgan fingerprint density at radius 3 is 2.73 bits per heavy atom. The fourth-order valence-electron chi connectivity index (χ4n) is 3.75. The number of para-hydroxylation sites is 1. The lowest BCUT2D eigenvalue weighted by atomic mass is 9.95. The van der Waals surface area contributed by atoms with Crippen molar-refractivity contribution in [2.75, 3.05) is 13.2 Å². The Morgan fingerprint density at radius 2 is 2.00 bits per heavy atom. The molecule has 3 aromatic rings. The molecule has 0 saturated carbocycles. The van der Waals surface area contributed by atoms with Crippen LogP contribution in [-0.2, 0) is 10.9 Å². The Bertz CT molecular complexity index is 1060. The molecule has 4 nitrogen and oxygen atoms in total. The van der Waals surface area contributed by atoms with E-state index in [0.29, 0.717) is 29.8 Å². The molecule has 7 heteroatoms. The van der Waals surface area contributed by atoms with Gasteiger partial charge in [0, 0.05) is 29.3 Å². The van der Waals surface area contributed by atoms with E-state index in [2.05, 4.69) is 4.98 Å². The second-order valence-corrected chi connectivity index (χ2v) is 7.23. The molecule has 0 N–H and O–H groups in total. The van der Waals surface area contributed by atoms with Crippen LogP contribution in [0.1, 0.15) is 35.2 Å². The largest absolute Gasteiger partial charge is 0.491 e. The third kappa shape index (κ3) is 4.16. The second-order valence-electron chi connectivity index (χ2n) is 7.23. The number of hydrogen-bond acceptors (Lipinski definition) is 4. The summed E-state index contributed by atoms with van der Waals surface area (Å²) in [5, 5.41) is 0.266. The third-order valence-corrected chi connectivity index (χ3v) is 5.19. The van der Waals surface area contributed by atoms with Crippen molar-refractivity contribution in [2.24, 2.45) is 0 Å². The molecule has 0 amide bonds. The highest BCUT2D eigenvalue weighted by atomic mass is 19.4. The summed E-state index contributed by atoms with van der Waals surface area (Å²) in [4.78, 5) is 15.6. The molecule has 156 valence electrons. The molecule has 4 rings (SSSR count). The average Bonchev–Trinajstić information content (AvgIpc) is 2.76. The molecule has 1 atom stereocenters. The molecule has 1 fully saturated rings. The molecule has 1 aliphatic heterocycles. The number of rotatable bonds is 5. The molecule has 0 radical (unpaired) electrons. The number of ether oxygens (including phenoxy) is 2. The number of carbonyl (C=O) groups excluding carboxylic acids is 1. The summed E-state index contributed by atoms with van der Waals surface area (Å²) >= 11 is 0. The summed E-state index contributed by atoms with van der Waals surface area (Å²) < 4.78 is 51.8. The number of benzene rings is 2. The minimum Gasteiger partial charge on any atom is -0.491 e. The highest BCUT2D eigenvalue weighted by molar-refractivity contribution is 6.03. The van der Waals surface area contributed by atoms with Crippen molar-refractivity contribution < 1.29 is 27.4 Å². The lowest BCUT2D eigenvalue weighted by Crippen LogP contribution is -2.25. The predicted molar refractivity (Wildman–Crippen MR) is 107 cm³/mol. The zero-order valence-corrected chi connectivity index (χ0v) is 16.1. The molecule has 2 heterocycles. The number of aromatic nitrogens is 1. The summed E-state index contributed by atoms with van der Waals surface area (Å²) in [6, 6.07) is 10.9. The standard InChI is InChI=1S/C23H20F3NO3/c24-23(25,26)20-9-4-8-19-21(16(13-28)12-27-22(19)20)15-5-3-7-17(11-15)30-14-18-6-1-2-10-29-18/h3-5,7-9,11-13,18H,1-2,6,10,14H2. The van der Waals surface area contributed by atoms with Gasteiger partial charge in [-0.15, -0.1) is 0 Å². The molecule has 0 aliphatic carbocycles. The molecule has 1 aromatic heterocycles. The molecule has 30 heavy (non-hydrogen) atoms. The van der Waals surface area contributed by atoms with E-state index in [1.807, 2.05) is 0 Å². The predicted octanol–water partition coefficient (Wildman–Crippen LogP) is 5.68. The fraction of sp³-hybridized carbons (Fsp3) is 0.304. The van der Waals surface area contributed by atoms with E-state index >= 15 is 0 Å². The van der Waals surface area contributed by atoms with Gasteiger partial charge in [-0.3, -0.25) is 9.78 Å². The molecule has 2 aromatic carbocycles. The first kappa shape index (κ1) is 20.3. The van der Waals surface area contributed by atoms with Crippen LogP contribution in [0.4, 0.5) is 13.2 Å². The van der Waals surface area contributed by atoms with Gasteiger partial charge in [-0.25, -0.2) is 0 Å². The fourth-order valence-corrected chi connectivity index (χ4v) is 3.75. The van der Waals surface area contributed by atoms with Crippen molar-refractivity contribution in [3.63, 3.8) is 0 Å². The zero-order valence-electron chi connectivity index (χ0n) is 16.1. The molecule has 0 bridgehead atoms. The minimum atomic E-state index is -4.54. The molecule has 0 spiro atoms. The van der Waals surface area contributed by atoms with Crippen LogP contribution < -0.4 is 4.74 Å². The summed E-state index contributed by atoms with van der Waals surface area (Å²) in [5.74, 6) is 0.565. The zero-order chi connectivity index (χ0) is 21.1. The minimum absolute atomic E-state index is 0.0315. The van der Waals surface area contributed by atoms with Crippen molar-refractivity contribution in [1.82, 2.24) is 4.98 Å². The van der Waals surface area contributed by atoms with Crippen LogP contribution in [0.25, 0.3) is 22.0 Å². The second kappa shape index (κ2) is 8.44. The first-order valence-electron chi connectivity index (χ1n) is 9.76. The van der Waals surface area contributed by atoms with Crippen LogP contribution in [0.2, 0.25) is 0 Å². The van der Waals surface area contributed by atoms with Crippen molar-refractivity contribution in [2.45, 2.75) is 31.5 Å². The van der Waals surface area contributed by atoms with Gasteiger partial charge in [0.15, 0.2) is 6.29 Å². The third-order valence-electron chi connectivity index (χ3n) is 5.19. The van der Waals surface area contributed by atoms with Crippen molar-refractivity contribution >= 4 is 17.2 Å². The summed E-state index contributed by atoms with van der Waals surface area (Å²) in [7, 11) is 0. The summed E-state index contributed by atoms with van der Waals surface area (Å²) in [6.45, 7) is 1.13. The quantitative estimate of drug-likeness (QED) is 0.503. The maximum atomic E-state index is 13.4. The van der Waals surface area contributed by atoms with Gasteiger partial charge in [-0.1, -0.05) is 24.3 Å². The van der Waals surface area contributed by atoms with E-state index < -0.39 is 11.7 Å². The Labute approximate surface area is 171 Å². The number of carbonyl (C=O) groups is 1. The number of hydrogen-bond donors (Lipinski definition) is 0. The number of pyridine rings is 1. The molecule has 1 saturated heterocycles. The van der Waals surface area contributed by atoms with Crippen LogP contribution in [0.5, 0.6) is 5.75 Å². The maximum Gasteiger partial charge on any atom is 0.418 e. The molecular weight excluding hydrogens is 395 g/mol. The van der Waals surface area contributed by atoms with Gasteiger partial charge >= 0.3 is 6.18 Å². The normalized spacial score (nSPS) is 17.1. The molecular formula is C23H20F3NO3. The summed E-state index contributed by atoms with van der Waals surface area (Å²) in [5.41, 5.74) is 0.189. The number of fused-ring (bicyclic) bond motifs is 1. The summed E-state index contributed by atoms with van der Waals surface area (Å²) in [6.07, 6.45) is 0.358. The SMILES string of the molecule is O=Cc1cnc2c(C(F)(F)F)cccc2c1-c1cccc(OCC2CCCCO2)c1. The number of alkyl halides is 3. The average molecular weight is 415 g/mol. The van der Waals surface area contributed by atoms with Gasteiger partial charge in [0.2, 0.25) is 0 Å². The van der Waals surface area contributed by atoms with Crippen LogP contribution >= 0.6 is 0 Å². The van der Waals surface area contributed by atoms with E-state index in [-0.39, 0.29) is 22.6 Å². The van der Waals surface area contributed by atoms with E-state index in [1.54, 1.807) is 30.3 Å². The van der Waals surface area contributed by atoms with E-state index in [0.717, 1.165) is 31.9 Å². The smallest absolute Gasteiger partial charge is 0.418 e. The first-order chi connectivity index (χ1) is 14.5. The van der Waals surface area contributed by atoms with Crippen LogP contribution in [0.3, 0.4) is 0 Å². The topological polar surface area (TPSA) is 48.4 Å². The van der Waals surface area contributed by atoms with Gasteiger partial charge in [-0.05, 0) is 43.0 Å². The van der Waals surface area contributed by atoms with Crippen LogP contribution in [0, 0.1) is 0 Å². The van der Waals surface area contributed by atoms with Gasteiger partial charge < -0.3 is 9.47 Å². The van der Waals surface area contributed by atoms with Gasteiger partial charge in [0.1, 0.15) is 12.4 Å². The first-order valence-corrected chi connectivity index (χ1v) is 9.76. The van der Waals surface area contributed by atoms with E-state index in [4.69, 9.17) is 9.47 Å². The van der Waals surface area contributed by atoms with Crippen LogP contribution in [-0.4, -0.2) is 30.6 Å². The van der Waals surface area contributed by atoms with Gasteiger partial charge in [0.05, 0.1) is 17.2 Å². The molecule has 1 unspecified atom stereocenters. The van der Waals surface area contributed by atoms with E-state index in [9.17, 15) is 18.0 Å². The van der Waals surface area contributed by atoms with Crippen molar-refractivity contribution in [1.29, 1.82) is 0 Å². The highest BCUT2D eigenvalue weighted by Gasteiger charge is 2.33. The molecule has 1 aliphatic rings. The Kier molecular flexibility index (Phi) is 5.72. The maximum absolute atomic E-state index is 13.4. The van der Waals surface area contributed by atoms with Gasteiger partial charge in [-0.2, -0.15) is 13.2 Å². The number of aldehydes is 1. The lowest BCUT2D eigenvalue weighted by molar-refractivity contribution is -0.136. The Balaban J connectivity index is 1.74. The highest BCUT2D eigenvalue weighted by Crippen LogP contribution is 2.38. The number of nitrogens with zero attached hydrogens (tertiary/aromatic N) is 1.